The van der Waals surface area contributed by atoms with Crippen molar-refractivity contribution in [3.63, 3.8) is 0 Å². The zero-order valence-electron chi connectivity index (χ0n) is 16.5. The van der Waals surface area contributed by atoms with E-state index in [9.17, 15) is 18.0 Å². The van der Waals surface area contributed by atoms with Gasteiger partial charge in [-0.05, 0) is 60.4 Å². The summed E-state index contributed by atoms with van der Waals surface area (Å²) in [4.78, 5) is 13.2. The molecule has 0 saturated heterocycles. The number of methoxy groups -OCH3 is 1. The van der Waals surface area contributed by atoms with Crippen molar-refractivity contribution in [2.75, 3.05) is 7.11 Å². The summed E-state index contributed by atoms with van der Waals surface area (Å²) in [5, 5.41) is 0. The van der Waals surface area contributed by atoms with Gasteiger partial charge in [0.05, 0.1) is 12.7 Å². The van der Waals surface area contributed by atoms with E-state index in [1.54, 1.807) is 37.5 Å². The highest BCUT2D eigenvalue weighted by Gasteiger charge is 2.30. The van der Waals surface area contributed by atoms with Crippen LogP contribution in [0.5, 0.6) is 5.75 Å². The van der Waals surface area contributed by atoms with Crippen LogP contribution >= 0.6 is 0 Å². The van der Waals surface area contributed by atoms with Gasteiger partial charge in [0.2, 0.25) is 0 Å². The molecular formula is C24H25F3O2. The van der Waals surface area contributed by atoms with Gasteiger partial charge in [0.15, 0.2) is 5.78 Å². The number of allylic oxidation sites excluding steroid dienone is 1. The quantitative estimate of drug-likeness (QED) is 0.386. The van der Waals surface area contributed by atoms with Crippen molar-refractivity contribution >= 4 is 11.9 Å². The Labute approximate surface area is 169 Å². The summed E-state index contributed by atoms with van der Waals surface area (Å²) in [6.45, 7) is 0. The molecule has 3 rings (SSSR count). The minimum absolute atomic E-state index is 0.0851. The van der Waals surface area contributed by atoms with Crippen LogP contribution in [0.4, 0.5) is 13.2 Å². The zero-order chi connectivity index (χ0) is 20.9. The lowest BCUT2D eigenvalue weighted by Crippen LogP contribution is -2.12. The number of rotatable bonds is 6. The molecular weight excluding hydrogens is 377 g/mol. The minimum atomic E-state index is -4.37. The van der Waals surface area contributed by atoms with Gasteiger partial charge in [-0.25, -0.2) is 0 Å². The normalized spacial score (nSPS) is 15.9. The molecule has 0 aliphatic heterocycles. The van der Waals surface area contributed by atoms with Crippen molar-refractivity contribution in [3.05, 3.63) is 70.8 Å². The van der Waals surface area contributed by atoms with Crippen molar-refractivity contribution in [2.45, 2.75) is 44.7 Å². The monoisotopic (exact) mass is 402 g/mol. The third kappa shape index (κ3) is 5.72. The molecule has 1 fully saturated rings. The molecule has 0 N–H and O–H groups in total. The first-order valence-corrected chi connectivity index (χ1v) is 9.93. The van der Waals surface area contributed by atoms with Crippen molar-refractivity contribution in [1.29, 1.82) is 0 Å². The molecule has 0 atom stereocenters. The Morgan fingerprint density at radius 2 is 1.62 bits per heavy atom. The second-order valence-electron chi connectivity index (χ2n) is 7.56. The van der Waals surface area contributed by atoms with E-state index in [4.69, 9.17) is 4.74 Å². The van der Waals surface area contributed by atoms with E-state index >= 15 is 0 Å². The minimum Gasteiger partial charge on any atom is -0.497 e. The van der Waals surface area contributed by atoms with E-state index < -0.39 is 11.7 Å². The highest BCUT2D eigenvalue weighted by Crippen LogP contribution is 2.32. The molecule has 1 aliphatic carbocycles. The van der Waals surface area contributed by atoms with Crippen molar-refractivity contribution in [1.82, 2.24) is 0 Å². The van der Waals surface area contributed by atoms with Gasteiger partial charge in [-0.3, -0.25) is 4.79 Å². The third-order valence-corrected chi connectivity index (χ3v) is 5.46. The van der Waals surface area contributed by atoms with Crippen LogP contribution in [-0.4, -0.2) is 12.9 Å². The molecule has 2 nitrogen and oxygen atoms in total. The highest BCUT2D eigenvalue weighted by molar-refractivity contribution is 6.11. The number of hydrogen-bond acceptors (Lipinski definition) is 2. The van der Waals surface area contributed by atoms with Crippen LogP contribution in [0.15, 0.2) is 54.1 Å². The lowest BCUT2D eigenvalue weighted by atomic mass is 9.82. The van der Waals surface area contributed by atoms with Crippen LogP contribution in [0.2, 0.25) is 0 Å². The van der Waals surface area contributed by atoms with Crippen LogP contribution in [0.25, 0.3) is 6.08 Å². The lowest BCUT2D eigenvalue weighted by molar-refractivity contribution is -0.137. The first-order valence-electron chi connectivity index (χ1n) is 9.93. The summed E-state index contributed by atoms with van der Waals surface area (Å²) in [6.07, 6.45) is 3.73. The fourth-order valence-electron chi connectivity index (χ4n) is 3.82. The summed E-state index contributed by atoms with van der Waals surface area (Å²) >= 11 is 0. The highest BCUT2D eigenvalue weighted by atomic mass is 19.4. The van der Waals surface area contributed by atoms with Gasteiger partial charge >= 0.3 is 6.18 Å². The third-order valence-electron chi connectivity index (χ3n) is 5.46. The second kappa shape index (κ2) is 9.29. The Morgan fingerprint density at radius 3 is 2.17 bits per heavy atom. The van der Waals surface area contributed by atoms with Crippen LogP contribution < -0.4 is 4.74 Å². The first kappa shape index (κ1) is 21.2. The summed E-state index contributed by atoms with van der Waals surface area (Å²) in [7, 11) is 1.57. The fourth-order valence-corrected chi connectivity index (χ4v) is 3.82. The summed E-state index contributed by atoms with van der Waals surface area (Å²) in [5.41, 5.74) is 1.11. The Bertz CT molecular complexity index is 843. The number of carbonyl (C=O) groups is 1. The maximum atomic E-state index is 13.2. The molecule has 0 bridgehead atoms. The first-order chi connectivity index (χ1) is 13.9. The Balaban J connectivity index is 1.88. The molecule has 0 heterocycles. The van der Waals surface area contributed by atoms with Crippen LogP contribution in [0, 0.1) is 5.92 Å². The Morgan fingerprint density at radius 1 is 1.00 bits per heavy atom. The van der Waals surface area contributed by atoms with Crippen LogP contribution in [-0.2, 0) is 6.18 Å². The smallest absolute Gasteiger partial charge is 0.416 e. The maximum absolute atomic E-state index is 13.2. The zero-order valence-corrected chi connectivity index (χ0v) is 16.5. The molecule has 2 aromatic rings. The van der Waals surface area contributed by atoms with E-state index in [0.717, 1.165) is 37.8 Å². The number of Topliss-reactive ketones (excluding diaryl/α,β-unsaturated/α-hetero) is 1. The average Bonchev–Trinajstić information content (AvgIpc) is 2.73. The van der Waals surface area contributed by atoms with E-state index in [2.05, 4.69) is 0 Å². The summed E-state index contributed by atoms with van der Waals surface area (Å²) in [6, 6.07) is 11.9. The predicted octanol–water partition coefficient (Wildman–Crippen LogP) is 6.95. The van der Waals surface area contributed by atoms with Crippen molar-refractivity contribution in [2.24, 2.45) is 5.92 Å². The Hall–Kier alpha value is -2.56. The number of carbonyl (C=O) groups excluding carboxylic acids is 1. The molecule has 5 heteroatoms. The van der Waals surface area contributed by atoms with Gasteiger partial charge in [0.25, 0.3) is 0 Å². The molecule has 0 radical (unpaired) electrons. The van der Waals surface area contributed by atoms with Gasteiger partial charge in [-0.1, -0.05) is 44.2 Å². The van der Waals surface area contributed by atoms with Gasteiger partial charge in [0, 0.05) is 11.1 Å². The largest absolute Gasteiger partial charge is 0.497 e. The van der Waals surface area contributed by atoms with Crippen molar-refractivity contribution < 1.29 is 22.7 Å². The molecule has 0 unspecified atom stereocenters. The molecule has 154 valence electrons. The SMILES string of the molecule is COc1ccc(C(=O)/C(=C/c2ccc(C(F)(F)F)cc2)CC2CCCCC2)cc1. The van der Waals surface area contributed by atoms with Gasteiger partial charge in [-0.2, -0.15) is 13.2 Å². The van der Waals surface area contributed by atoms with Crippen molar-refractivity contribution in [3.8, 4) is 5.75 Å². The number of benzene rings is 2. The van der Waals surface area contributed by atoms with E-state index in [1.807, 2.05) is 0 Å². The Kier molecular flexibility index (Phi) is 6.78. The summed E-state index contributed by atoms with van der Waals surface area (Å²) in [5.74, 6) is 1.02. The molecule has 0 aromatic heterocycles. The molecule has 1 saturated carbocycles. The molecule has 2 aromatic carbocycles. The molecule has 1 aliphatic rings. The van der Waals surface area contributed by atoms with E-state index in [0.29, 0.717) is 34.8 Å². The molecule has 0 spiro atoms. The van der Waals surface area contributed by atoms with E-state index in [1.165, 1.54) is 18.6 Å². The topological polar surface area (TPSA) is 26.3 Å². The second-order valence-corrected chi connectivity index (χ2v) is 7.56. The number of halogens is 3. The maximum Gasteiger partial charge on any atom is 0.416 e. The van der Waals surface area contributed by atoms with Gasteiger partial charge < -0.3 is 4.74 Å². The number of hydrogen-bond donors (Lipinski definition) is 0. The number of alkyl halides is 3. The lowest BCUT2D eigenvalue weighted by Gasteiger charge is -2.22. The fraction of sp³-hybridized carbons (Fsp3) is 0.375. The number of ether oxygens (including phenoxy) is 1. The van der Waals surface area contributed by atoms with Gasteiger partial charge in [-0.15, -0.1) is 0 Å². The molecule has 29 heavy (non-hydrogen) atoms. The summed E-state index contributed by atoms with van der Waals surface area (Å²) < 4.78 is 43.6. The molecule has 0 amide bonds. The average molecular weight is 402 g/mol. The van der Waals surface area contributed by atoms with Crippen LogP contribution in [0.3, 0.4) is 0 Å². The standard InChI is InChI=1S/C24H25F3O2/c1-29-22-13-9-19(10-14-22)23(28)20(15-17-5-3-2-4-6-17)16-18-7-11-21(12-8-18)24(25,26)27/h7-14,16-17H,2-6,15H2,1H3/b20-16+. The van der Waals surface area contributed by atoms with E-state index in [-0.39, 0.29) is 5.78 Å². The van der Waals surface area contributed by atoms with Gasteiger partial charge in [0.1, 0.15) is 5.75 Å². The van der Waals surface area contributed by atoms with Crippen LogP contribution in [0.1, 0.15) is 60.0 Å². The predicted molar refractivity (Wildman–Crippen MR) is 108 cm³/mol. The number of ketones is 1.